The van der Waals surface area contributed by atoms with Crippen LogP contribution in [0.3, 0.4) is 0 Å². The Morgan fingerprint density at radius 1 is 1.23 bits per heavy atom. The minimum atomic E-state index is -0.618. The van der Waals surface area contributed by atoms with Gasteiger partial charge in [-0.05, 0) is 56.7 Å². The van der Waals surface area contributed by atoms with Crippen LogP contribution in [0.15, 0.2) is 30.5 Å². The van der Waals surface area contributed by atoms with Crippen LogP contribution in [0.1, 0.15) is 51.1 Å². The molecule has 138 valence electrons. The zero-order valence-corrected chi connectivity index (χ0v) is 15.6. The maximum Gasteiger partial charge on any atom is 0.225 e. The van der Waals surface area contributed by atoms with Gasteiger partial charge in [0.2, 0.25) is 5.91 Å². The van der Waals surface area contributed by atoms with E-state index in [0.29, 0.717) is 30.1 Å². The number of carbonyl (C=O) groups is 1. The normalized spacial score (nSPS) is 31.3. The van der Waals surface area contributed by atoms with Crippen LogP contribution in [-0.2, 0) is 4.79 Å². The fourth-order valence-corrected chi connectivity index (χ4v) is 5.58. The molecule has 2 aliphatic carbocycles. The summed E-state index contributed by atoms with van der Waals surface area (Å²) in [5.74, 6) is 1.47. The van der Waals surface area contributed by atoms with E-state index < -0.39 is 5.60 Å². The van der Waals surface area contributed by atoms with Gasteiger partial charge in [0.25, 0.3) is 0 Å². The second-order valence-electron chi connectivity index (χ2n) is 9.37. The first-order valence-corrected chi connectivity index (χ1v) is 9.80. The summed E-state index contributed by atoms with van der Waals surface area (Å²) in [7, 11) is 0. The Hall–Kier alpha value is -1.88. The SMILES string of the molecule is CC(c1cccc2ccnn12)C1CC2(C1)CN(C(=O)C1CC(C)(O)C1)C2. The first kappa shape index (κ1) is 16.3. The largest absolute Gasteiger partial charge is 0.390 e. The van der Waals surface area contributed by atoms with Crippen molar-refractivity contribution in [3.8, 4) is 0 Å². The molecule has 1 amide bonds. The van der Waals surface area contributed by atoms with Crippen molar-refractivity contribution in [1.82, 2.24) is 14.5 Å². The summed E-state index contributed by atoms with van der Waals surface area (Å²) in [6, 6.07) is 8.45. The third-order valence-electron chi connectivity index (χ3n) is 7.10. The lowest BCUT2D eigenvalue weighted by Crippen LogP contribution is -2.66. The van der Waals surface area contributed by atoms with Gasteiger partial charge in [0, 0.05) is 42.2 Å². The molecule has 1 saturated heterocycles. The van der Waals surface area contributed by atoms with Crippen LogP contribution in [0.25, 0.3) is 5.52 Å². The average molecular weight is 353 g/mol. The minimum absolute atomic E-state index is 0.0505. The highest BCUT2D eigenvalue weighted by atomic mass is 16.3. The van der Waals surface area contributed by atoms with Crippen LogP contribution in [0.4, 0.5) is 0 Å². The van der Waals surface area contributed by atoms with Gasteiger partial charge in [0.05, 0.1) is 11.1 Å². The van der Waals surface area contributed by atoms with Gasteiger partial charge in [-0.3, -0.25) is 4.79 Å². The number of carbonyl (C=O) groups excluding carboxylic acids is 1. The molecule has 0 aromatic carbocycles. The van der Waals surface area contributed by atoms with E-state index in [9.17, 15) is 9.90 Å². The molecule has 3 aliphatic rings. The molecule has 1 atom stereocenters. The van der Waals surface area contributed by atoms with Crippen molar-refractivity contribution in [2.45, 2.75) is 51.0 Å². The number of hydrogen-bond acceptors (Lipinski definition) is 3. The number of aliphatic hydroxyl groups is 1. The summed E-state index contributed by atoms with van der Waals surface area (Å²) < 4.78 is 2.06. The third kappa shape index (κ3) is 2.40. The number of fused-ring (bicyclic) bond motifs is 1. The van der Waals surface area contributed by atoms with Gasteiger partial charge >= 0.3 is 0 Å². The molecular weight excluding hydrogens is 326 g/mol. The van der Waals surface area contributed by atoms with Crippen molar-refractivity contribution >= 4 is 11.4 Å². The standard InChI is InChI=1S/C21H27N3O2/c1-14(18-5-3-4-17-6-7-22-24(17)18)15-10-21(11-15)12-23(13-21)19(25)16-8-20(2,26)9-16/h3-7,14-16,26H,8-13H2,1-2H3. The van der Waals surface area contributed by atoms with E-state index in [-0.39, 0.29) is 11.8 Å². The maximum absolute atomic E-state index is 12.5. The summed E-state index contributed by atoms with van der Waals surface area (Å²) in [6.45, 7) is 5.97. The van der Waals surface area contributed by atoms with E-state index in [1.54, 1.807) is 0 Å². The van der Waals surface area contributed by atoms with Crippen molar-refractivity contribution in [3.63, 3.8) is 0 Å². The van der Waals surface area contributed by atoms with E-state index in [4.69, 9.17) is 0 Å². The lowest BCUT2D eigenvalue weighted by Gasteiger charge is -2.61. The fourth-order valence-electron chi connectivity index (χ4n) is 5.58. The molecule has 5 heteroatoms. The Labute approximate surface area is 154 Å². The smallest absolute Gasteiger partial charge is 0.225 e. The highest BCUT2D eigenvalue weighted by Crippen LogP contribution is 2.56. The van der Waals surface area contributed by atoms with E-state index in [1.807, 2.05) is 24.1 Å². The number of likely N-dealkylation sites (tertiary alicyclic amines) is 1. The number of hydrogen-bond donors (Lipinski definition) is 1. The molecule has 0 bridgehead atoms. The number of amides is 1. The quantitative estimate of drug-likeness (QED) is 0.923. The van der Waals surface area contributed by atoms with Crippen molar-refractivity contribution < 1.29 is 9.90 Å². The molecule has 2 saturated carbocycles. The third-order valence-corrected chi connectivity index (χ3v) is 7.10. The molecule has 5 rings (SSSR count). The van der Waals surface area contributed by atoms with Crippen molar-refractivity contribution in [2.75, 3.05) is 13.1 Å². The number of rotatable bonds is 3. The predicted molar refractivity (Wildman–Crippen MR) is 98.7 cm³/mol. The number of pyridine rings is 1. The molecule has 26 heavy (non-hydrogen) atoms. The summed E-state index contributed by atoms with van der Waals surface area (Å²) >= 11 is 0. The molecule has 5 nitrogen and oxygen atoms in total. The molecule has 1 N–H and O–H groups in total. The zero-order chi connectivity index (χ0) is 18.1. The molecular formula is C21H27N3O2. The van der Waals surface area contributed by atoms with Gasteiger partial charge in [-0.2, -0.15) is 5.10 Å². The Morgan fingerprint density at radius 2 is 1.96 bits per heavy atom. The van der Waals surface area contributed by atoms with E-state index >= 15 is 0 Å². The first-order valence-electron chi connectivity index (χ1n) is 9.80. The molecule has 3 heterocycles. The molecule has 1 unspecified atom stereocenters. The molecule has 2 aromatic rings. The fraction of sp³-hybridized carbons (Fsp3) is 0.619. The molecule has 1 spiro atoms. The summed E-state index contributed by atoms with van der Waals surface area (Å²) in [5.41, 5.74) is 2.18. The van der Waals surface area contributed by atoms with Crippen molar-refractivity contribution in [3.05, 3.63) is 36.2 Å². The highest BCUT2D eigenvalue weighted by molar-refractivity contribution is 5.81. The summed E-state index contributed by atoms with van der Waals surface area (Å²) in [4.78, 5) is 14.5. The van der Waals surface area contributed by atoms with Gasteiger partial charge < -0.3 is 10.0 Å². The van der Waals surface area contributed by atoms with Crippen LogP contribution in [0, 0.1) is 17.3 Å². The number of aromatic nitrogens is 2. The van der Waals surface area contributed by atoms with Gasteiger partial charge in [-0.1, -0.05) is 13.0 Å². The van der Waals surface area contributed by atoms with Crippen molar-refractivity contribution in [2.24, 2.45) is 17.3 Å². The van der Waals surface area contributed by atoms with Crippen LogP contribution in [0.2, 0.25) is 0 Å². The second kappa shape index (κ2) is 5.32. The average Bonchev–Trinajstić information content (AvgIpc) is 2.97. The highest BCUT2D eigenvalue weighted by Gasteiger charge is 2.56. The van der Waals surface area contributed by atoms with Gasteiger partial charge in [-0.15, -0.1) is 0 Å². The van der Waals surface area contributed by atoms with Crippen LogP contribution in [0.5, 0.6) is 0 Å². The molecule has 3 fully saturated rings. The maximum atomic E-state index is 12.5. The summed E-state index contributed by atoms with van der Waals surface area (Å²) in [6.07, 6.45) is 5.53. The van der Waals surface area contributed by atoms with Gasteiger partial charge in [-0.25, -0.2) is 4.52 Å². The Balaban J connectivity index is 1.18. The van der Waals surface area contributed by atoms with Crippen LogP contribution in [-0.4, -0.2) is 44.2 Å². The lowest BCUT2D eigenvalue weighted by atomic mass is 9.54. The zero-order valence-electron chi connectivity index (χ0n) is 15.6. The Bertz CT molecular complexity index is 849. The van der Waals surface area contributed by atoms with Crippen LogP contribution < -0.4 is 0 Å². The summed E-state index contributed by atoms with van der Waals surface area (Å²) in [5, 5.41) is 14.3. The van der Waals surface area contributed by atoms with Crippen molar-refractivity contribution in [1.29, 1.82) is 0 Å². The van der Waals surface area contributed by atoms with E-state index in [0.717, 1.165) is 18.6 Å². The Morgan fingerprint density at radius 3 is 2.65 bits per heavy atom. The number of nitrogens with zero attached hydrogens (tertiary/aromatic N) is 3. The van der Waals surface area contributed by atoms with Gasteiger partial charge in [0.1, 0.15) is 0 Å². The topological polar surface area (TPSA) is 57.8 Å². The second-order valence-corrected chi connectivity index (χ2v) is 9.37. The minimum Gasteiger partial charge on any atom is -0.390 e. The molecule has 1 aliphatic heterocycles. The molecule has 0 radical (unpaired) electrons. The predicted octanol–water partition coefficient (Wildman–Crippen LogP) is 2.84. The first-order chi connectivity index (χ1) is 12.4. The van der Waals surface area contributed by atoms with E-state index in [1.165, 1.54) is 18.5 Å². The monoisotopic (exact) mass is 353 g/mol. The van der Waals surface area contributed by atoms with E-state index in [2.05, 4.69) is 34.7 Å². The molecule has 2 aromatic heterocycles. The Kier molecular flexibility index (Phi) is 3.34. The van der Waals surface area contributed by atoms with Crippen LogP contribution >= 0.6 is 0 Å². The van der Waals surface area contributed by atoms with Gasteiger partial charge in [0.15, 0.2) is 0 Å². The lowest BCUT2D eigenvalue weighted by molar-refractivity contribution is -0.172.